The SMILES string of the molecule is CC(C)c1ccccc1NC(=O)c1cnc(N)cn1. The molecule has 0 radical (unpaired) electrons. The Morgan fingerprint density at radius 3 is 2.58 bits per heavy atom. The van der Waals surface area contributed by atoms with Crippen LogP contribution >= 0.6 is 0 Å². The van der Waals surface area contributed by atoms with E-state index in [4.69, 9.17) is 5.73 Å². The topological polar surface area (TPSA) is 80.9 Å². The molecule has 2 aromatic rings. The van der Waals surface area contributed by atoms with Crippen molar-refractivity contribution in [3.05, 3.63) is 47.9 Å². The summed E-state index contributed by atoms with van der Waals surface area (Å²) in [6, 6.07) is 7.71. The molecule has 5 heteroatoms. The summed E-state index contributed by atoms with van der Waals surface area (Å²) in [7, 11) is 0. The highest BCUT2D eigenvalue weighted by atomic mass is 16.1. The van der Waals surface area contributed by atoms with Crippen LogP contribution in [0.2, 0.25) is 0 Å². The molecular weight excluding hydrogens is 240 g/mol. The first-order valence-electron chi connectivity index (χ1n) is 6.05. The summed E-state index contributed by atoms with van der Waals surface area (Å²) in [4.78, 5) is 19.8. The quantitative estimate of drug-likeness (QED) is 0.883. The van der Waals surface area contributed by atoms with E-state index in [9.17, 15) is 4.79 Å². The Bertz CT molecular complexity index is 578. The van der Waals surface area contributed by atoms with Crippen LogP contribution < -0.4 is 11.1 Å². The Morgan fingerprint density at radius 2 is 1.95 bits per heavy atom. The molecule has 0 spiro atoms. The van der Waals surface area contributed by atoms with Crippen molar-refractivity contribution in [1.82, 2.24) is 9.97 Å². The number of aromatic nitrogens is 2. The lowest BCUT2D eigenvalue weighted by Gasteiger charge is -2.13. The highest BCUT2D eigenvalue weighted by Gasteiger charge is 2.11. The smallest absolute Gasteiger partial charge is 0.275 e. The third kappa shape index (κ3) is 3.07. The van der Waals surface area contributed by atoms with Gasteiger partial charge < -0.3 is 11.1 Å². The number of rotatable bonds is 3. The third-order valence-corrected chi connectivity index (χ3v) is 2.74. The Morgan fingerprint density at radius 1 is 1.21 bits per heavy atom. The number of carbonyl (C=O) groups excluding carboxylic acids is 1. The van der Waals surface area contributed by atoms with E-state index in [1.54, 1.807) is 0 Å². The zero-order valence-corrected chi connectivity index (χ0v) is 10.9. The lowest BCUT2D eigenvalue weighted by atomic mass is 10.0. The van der Waals surface area contributed by atoms with Gasteiger partial charge in [-0.3, -0.25) is 4.79 Å². The monoisotopic (exact) mass is 256 g/mol. The van der Waals surface area contributed by atoms with Crippen LogP contribution in [0.25, 0.3) is 0 Å². The van der Waals surface area contributed by atoms with E-state index in [0.717, 1.165) is 11.3 Å². The molecule has 0 unspecified atom stereocenters. The standard InChI is InChI=1S/C14H16N4O/c1-9(2)10-5-3-4-6-11(10)18-14(19)12-7-17-13(15)8-16-12/h3-9H,1-2H3,(H2,15,17)(H,18,19). The molecule has 3 N–H and O–H groups in total. The van der Waals surface area contributed by atoms with Crippen LogP contribution in [-0.4, -0.2) is 15.9 Å². The lowest BCUT2D eigenvalue weighted by Crippen LogP contribution is -2.15. The summed E-state index contributed by atoms with van der Waals surface area (Å²) in [5.41, 5.74) is 7.56. The zero-order valence-electron chi connectivity index (χ0n) is 10.9. The fourth-order valence-corrected chi connectivity index (χ4v) is 1.76. The minimum Gasteiger partial charge on any atom is -0.382 e. The fraction of sp³-hybridized carbons (Fsp3) is 0.214. The second kappa shape index (κ2) is 5.48. The van der Waals surface area contributed by atoms with Crippen molar-refractivity contribution in [1.29, 1.82) is 0 Å². The van der Waals surface area contributed by atoms with Crippen molar-refractivity contribution < 1.29 is 4.79 Å². The summed E-state index contributed by atoms with van der Waals surface area (Å²) in [6.07, 6.45) is 2.73. The van der Waals surface area contributed by atoms with E-state index >= 15 is 0 Å². The van der Waals surface area contributed by atoms with Crippen molar-refractivity contribution in [2.75, 3.05) is 11.1 Å². The Hall–Kier alpha value is -2.43. The summed E-state index contributed by atoms with van der Waals surface area (Å²) in [5, 5.41) is 2.85. The van der Waals surface area contributed by atoms with Crippen molar-refractivity contribution >= 4 is 17.4 Å². The zero-order chi connectivity index (χ0) is 13.8. The molecule has 0 aliphatic carbocycles. The number of nitrogens with zero attached hydrogens (tertiary/aromatic N) is 2. The third-order valence-electron chi connectivity index (χ3n) is 2.74. The second-order valence-electron chi connectivity index (χ2n) is 4.52. The van der Waals surface area contributed by atoms with E-state index in [-0.39, 0.29) is 11.6 Å². The summed E-state index contributed by atoms with van der Waals surface area (Å²) in [5.74, 6) is 0.328. The van der Waals surface area contributed by atoms with Gasteiger partial charge in [-0.05, 0) is 17.5 Å². The second-order valence-corrected chi connectivity index (χ2v) is 4.52. The van der Waals surface area contributed by atoms with Crippen molar-refractivity contribution in [2.45, 2.75) is 19.8 Å². The molecule has 1 amide bonds. The van der Waals surface area contributed by atoms with Gasteiger partial charge in [-0.2, -0.15) is 0 Å². The van der Waals surface area contributed by atoms with Gasteiger partial charge in [0.2, 0.25) is 0 Å². The predicted octanol–water partition coefficient (Wildman–Crippen LogP) is 2.43. The van der Waals surface area contributed by atoms with Crippen molar-refractivity contribution in [3.8, 4) is 0 Å². The molecule has 0 aliphatic rings. The number of para-hydroxylation sites is 1. The maximum Gasteiger partial charge on any atom is 0.275 e. The molecule has 2 rings (SSSR count). The van der Waals surface area contributed by atoms with Gasteiger partial charge in [-0.25, -0.2) is 9.97 Å². The minimum atomic E-state index is -0.291. The average Bonchev–Trinajstić information content (AvgIpc) is 2.39. The molecular formula is C14H16N4O. The van der Waals surface area contributed by atoms with E-state index in [2.05, 4.69) is 29.1 Å². The number of benzene rings is 1. The first-order valence-corrected chi connectivity index (χ1v) is 6.05. The number of nitrogens with one attached hydrogen (secondary N) is 1. The van der Waals surface area contributed by atoms with Crippen LogP contribution in [0.1, 0.15) is 35.8 Å². The molecule has 0 fully saturated rings. The number of hydrogen-bond donors (Lipinski definition) is 2. The first-order chi connectivity index (χ1) is 9.08. The van der Waals surface area contributed by atoms with Gasteiger partial charge in [0.1, 0.15) is 11.5 Å². The Kier molecular flexibility index (Phi) is 3.75. The highest BCUT2D eigenvalue weighted by Crippen LogP contribution is 2.23. The van der Waals surface area contributed by atoms with Gasteiger partial charge in [0.25, 0.3) is 5.91 Å². The largest absolute Gasteiger partial charge is 0.382 e. The number of carbonyl (C=O) groups is 1. The summed E-state index contributed by atoms with van der Waals surface area (Å²) in [6.45, 7) is 4.15. The van der Waals surface area contributed by atoms with E-state index < -0.39 is 0 Å². The fourth-order valence-electron chi connectivity index (χ4n) is 1.76. The lowest BCUT2D eigenvalue weighted by molar-refractivity contribution is 0.102. The van der Waals surface area contributed by atoms with Gasteiger partial charge in [0.15, 0.2) is 0 Å². The molecule has 1 aromatic carbocycles. The number of nitrogen functional groups attached to an aromatic ring is 1. The van der Waals surface area contributed by atoms with Gasteiger partial charge in [-0.1, -0.05) is 32.0 Å². The number of amides is 1. The van der Waals surface area contributed by atoms with E-state index in [0.29, 0.717) is 11.7 Å². The van der Waals surface area contributed by atoms with Crippen LogP contribution in [-0.2, 0) is 0 Å². The number of hydrogen-bond acceptors (Lipinski definition) is 4. The maximum atomic E-state index is 12.0. The Labute approximate surface area is 111 Å². The summed E-state index contributed by atoms with van der Waals surface area (Å²) < 4.78 is 0. The molecule has 0 saturated carbocycles. The molecule has 98 valence electrons. The molecule has 0 bridgehead atoms. The predicted molar refractivity (Wildman–Crippen MR) is 74.9 cm³/mol. The normalized spacial score (nSPS) is 10.5. The van der Waals surface area contributed by atoms with Gasteiger partial charge in [0, 0.05) is 5.69 Å². The van der Waals surface area contributed by atoms with Crippen LogP contribution in [0, 0.1) is 0 Å². The van der Waals surface area contributed by atoms with E-state index in [1.807, 2.05) is 24.3 Å². The molecule has 0 aliphatic heterocycles. The number of nitrogens with two attached hydrogens (primary N) is 1. The van der Waals surface area contributed by atoms with Gasteiger partial charge >= 0.3 is 0 Å². The van der Waals surface area contributed by atoms with Crippen LogP contribution in [0.5, 0.6) is 0 Å². The first kappa shape index (κ1) is 13.0. The van der Waals surface area contributed by atoms with Crippen LogP contribution in [0.3, 0.4) is 0 Å². The van der Waals surface area contributed by atoms with Gasteiger partial charge in [0.05, 0.1) is 12.4 Å². The maximum absolute atomic E-state index is 12.0. The van der Waals surface area contributed by atoms with Crippen molar-refractivity contribution in [3.63, 3.8) is 0 Å². The molecule has 0 atom stereocenters. The molecule has 19 heavy (non-hydrogen) atoms. The van der Waals surface area contributed by atoms with Crippen LogP contribution in [0.4, 0.5) is 11.5 Å². The minimum absolute atomic E-state index is 0.243. The molecule has 1 heterocycles. The number of anilines is 2. The molecule has 0 saturated heterocycles. The average molecular weight is 256 g/mol. The van der Waals surface area contributed by atoms with Gasteiger partial charge in [-0.15, -0.1) is 0 Å². The molecule has 5 nitrogen and oxygen atoms in total. The van der Waals surface area contributed by atoms with Crippen LogP contribution in [0.15, 0.2) is 36.7 Å². The van der Waals surface area contributed by atoms with Crippen molar-refractivity contribution in [2.24, 2.45) is 0 Å². The van der Waals surface area contributed by atoms with E-state index in [1.165, 1.54) is 12.4 Å². The summed E-state index contributed by atoms with van der Waals surface area (Å²) >= 11 is 0. The Balaban J connectivity index is 2.22. The highest BCUT2D eigenvalue weighted by molar-refractivity contribution is 6.03. The molecule has 1 aromatic heterocycles.